The van der Waals surface area contributed by atoms with Crippen molar-refractivity contribution in [3.8, 4) is 0 Å². The van der Waals surface area contributed by atoms with Crippen molar-refractivity contribution >= 4 is 11.9 Å². The fourth-order valence-electron chi connectivity index (χ4n) is 3.64. The molecule has 6 heteroatoms. The summed E-state index contributed by atoms with van der Waals surface area (Å²) in [5, 5.41) is 3.15. The third kappa shape index (κ3) is 5.40. The quantitative estimate of drug-likeness (QED) is 0.681. The van der Waals surface area contributed by atoms with E-state index in [0.717, 1.165) is 5.56 Å². The SMILES string of the molecule is CC1=C(C(=O)OCCc2ccccc2)C(c2ccccn2)C(C(=O)OC(C)C)=C(C)N1. The summed E-state index contributed by atoms with van der Waals surface area (Å²) < 4.78 is 11.1. The Balaban J connectivity index is 1.90. The molecule has 6 nitrogen and oxygen atoms in total. The molecule has 1 aromatic heterocycles. The number of dihydropyridines is 1. The van der Waals surface area contributed by atoms with Gasteiger partial charge in [0.05, 0.1) is 35.5 Å². The molecule has 0 amide bonds. The Morgan fingerprint density at radius 1 is 0.968 bits per heavy atom. The summed E-state index contributed by atoms with van der Waals surface area (Å²) >= 11 is 0. The maximum Gasteiger partial charge on any atom is 0.337 e. The number of esters is 2. The number of hydrogen-bond acceptors (Lipinski definition) is 6. The maximum absolute atomic E-state index is 13.2. The number of pyridine rings is 1. The van der Waals surface area contributed by atoms with Crippen LogP contribution >= 0.6 is 0 Å². The van der Waals surface area contributed by atoms with Gasteiger partial charge >= 0.3 is 11.9 Å². The molecule has 0 fully saturated rings. The van der Waals surface area contributed by atoms with E-state index in [1.165, 1.54) is 0 Å². The highest BCUT2D eigenvalue weighted by Gasteiger charge is 2.39. The summed E-state index contributed by atoms with van der Waals surface area (Å²) in [6.07, 6.45) is 1.97. The van der Waals surface area contributed by atoms with Crippen LogP contribution in [0.2, 0.25) is 0 Å². The Hall–Kier alpha value is -3.41. The van der Waals surface area contributed by atoms with Crippen LogP contribution in [-0.2, 0) is 25.5 Å². The second kappa shape index (κ2) is 10.1. The zero-order valence-electron chi connectivity index (χ0n) is 18.3. The van der Waals surface area contributed by atoms with E-state index in [1.807, 2.05) is 36.4 Å². The number of benzene rings is 1. The monoisotopic (exact) mass is 420 g/mol. The minimum absolute atomic E-state index is 0.239. The minimum Gasteiger partial charge on any atom is -0.462 e. The number of aromatic nitrogens is 1. The molecule has 1 N–H and O–H groups in total. The third-order valence-electron chi connectivity index (χ3n) is 4.99. The highest BCUT2D eigenvalue weighted by Crippen LogP contribution is 2.38. The highest BCUT2D eigenvalue weighted by molar-refractivity contribution is 5.99. The molecule has 31 heavy (non-hydrogen) atoms. The third-order valence-corrected chi connectivity index (χ3v) is 4.99. The summed E-state index contributed by atoms with van der Waals surface area (Å²) in [7, 11) is 0. The summed E-state index contributed by atoms with van der Waals surface area (Å²) in [6.45, 7) is 7.42. The van der Waals surface area contributed by atoms with Gasteiger partial charge in [-0.1, -0.05) is 36.4 Å². The summed E-state index contributed by atoms with van der Waals surface area (Å²) in [4.78, 5) is 30.5. The van der Waals surface area contributed by atoms with Gasteiger partial charge < -0.3 is 14.8 Å². The number of ether oxygens (including phenoxy) is 2. The Labute approximate surface area is 183 Å². The maximum atomic E-state index is 13.2. The largest absolute Gasteiger partial charge is 0.462 e. The standard InChI is InChI=1S/C25H28N2O4/c1-16(2)31-25(29)22-18(4)27-17(3)21(23(22)20-12-8-9-14-26-20)24(28)30-15-13-19-10-6-5-7-11-19/h5-12,14,16,23,27H,13,15H2,1-4H3. The zero-order chi connectivity index (χ0) is 22.4. The molecule has 1 aliphatic rings. The van der Waals surface area contributed by atoms with Crippen molar-refractivity contribution in [3.05, 3.63) is 88.5 Å². The molecule has 1 aromatic carbocycles. The number of allylic oxidation sites excluding steroid dienone is 2. The van der Waals surface area contributed by atoms with Gasteiger partial charge in [-0.15, -0.1) is 0 Å². The second-order valence-electron chi connectivity index (χ2n) is 7.72. The zero-order valence-corrected chi connectivity index (χ0v) is 18.3. The number of carbonyl (C=O) groups is 2. The molecule has 2 heterocycles. The summed E-state index contributed by atoms with van der Waals surface area (Å²) in [5.74, 6) is -1.62. The summed E-state index contributed by atoms with van der Waals surface area (Å²) in [6, 6.07) is 15.3. The van der Waals surface area contributed by atoms with Crippen LogP contribution in [0, 0.1) is 0 Å². The lowest BCUT2D eigenvalue weighted by atomic mass is 9.82. The minimum atomic E-state index is -0.669. The lowest BCUT2D eigenvalue weighted by Gasteiger charge is -2.30. The van der Waals surface area contributed by atoms with Gasteiger partial charge in [-0.05, 0) is 45.4 Å². The number of hydrogen-bond donors (Lipinski definition) is 1. The Morgan fingerprint density at radius 3 is 2.23 bits per heavy atom. The van der Waals surface area contributed by atoms with E-state index in [9.17, 15) is 9.59 Å². The molecule has 1 aliphatic heterocycles. The lowest BCUT2D eigenvalue weighted by Crippen LogP contribution is -2.33. The average Bonchev–Trinajstić information content (AvgIpc) is 2.74. The van der Waals surface area contributed by atoms with E-state index in [-0.39, 0.29) is 12.7 Å². The van der Waals surface area contributed by atoms with Crippen molar-refractivity contribution in [2.75, 3.05) is 6.61 Å². The average molecular weight is 421 g/mol. The van der Waals surface area contributed by atoms with E-state index < -0.39 is 17.9 Å². The van der Waals surface area contributed by atoms with Crippen molar-refractivity contribution in [3.63, 3.8) is 0 Å². The van der Waals surface area contributed by atoms with Crippen LogP contribution in [0.1, 0.15) is 44.9 Å². The first kappa shape index (κ1) is 22.3. The van der Waals surface area contributed by atoms with Gasteiger partial charge in [0.1, 0.15) is 0 Å². The van der Waals surface area contributed by atoms with E-state index in [2.05, 4.69) is 10.3 Å². The fraction of sp³-hybridized carbons (Fsp3) is 0.320. The molecule has 0 aliphatic carbocycles. The Bertz CT molecular complexity index is 995. The smallest absolute Gasteiger partial charge is 0.337 e. The van der Waals surface area contributed by atoms with Crippen LogP contribution in [-0.4, -0.2) is 29.6 Å². The van der Waals surface area contributed by atoms with Crippen molar-refractivity contribution in [2.24, 2.45) is 0 Å². The molecule has 1 unspecified atom stereocenters. The molecule has 3 rings (SSSR count). The van der Waals surface area contributed by atoms with E-state index in [4.69, 9.17) is 9.47 Å². The van der Waals surface area contributed by atoms with Gasteiger partial charge in [0.2, 0.25) is 0 Å². The molecule has 0 bridgehead atoms. The van der Waals surface area contributed by atoms with Gasteiger partial charge in [0, 0.05) is 24.0 Å². The molecule has 0 spiro atoms. The van der Waals surface area contributed by atoms with E-state index in [0.29, 0.717) is 34.7 Å². The summed E-state index contributed by atoms with van der Waals surface area (Å²) in [5.41, 5.74) is 3.69. The Morgan fingerprint density at radius 2 is 1.61 bits per heavy atom. The van der Waals surface area contributed by atoms with Crippen molar-refractivity contribution in [2.45, 2.75) is 46.1 Å². The van der Waals surface area contributed by atoms with Crippen LogP contribution in [0.5, 0.6) is 0 Å². The number of nitrogens with one attached hydrogen (secondary N) is 1. The first-order valence-corrected chi connectivity index (χ1v) is 10.4. The normalized spacial score (nSPS) is 16.2. The van der Waals surface area contributed by atoms with Crippen molar-refractivity contribution < 1.29 is 19.1 Å². The highest BCUT2D eigenvalue weighted by atomic mass is 16.5. The molecule has 2 aromatic rings. The Kier molecular flexibility index (Phi) is 7.23. The van der Waals surface area contributed by atoms with Crippen LogP contribution in [0.25, 0.3) is 0 Å². The fourth-order valence-corrected chi connectivity index (χ4v) is 3.64. The number of carbonyl (C=O) groups excluding carboxylic acids is 2. The molecule has 0 saturated heterocycles. The predicted molar refractivity (Wildman–Crippen MR) is 118 cm³/mol. The molecule has 162 valence electrons. The van der Waals surface area contributed by atoms with E-state index in [1.54, 1.807) is 46.0 Å². The van der Waals surface area contributed by atoms with Crippen molar-refractivity contribution in [1.29, 1.82) is 0 Å². The van der Waals surface area contributed by atoms with Gasteiger partial charge in [-0.25, -0.2) is 9.59 Å². The van der Waals surface area contributed by atoms with Crippen LogP contribution < -0.4 is 5.32 Å². The number of rotatable bonds is 7. The van der Waals surface area contributed by atoms with Crippen LogP contribution in [0.15, 0.2) is 77.3 Å². The first-order chi connectivity index (χ1) is 14.9. The van der Waals surface area contributed by atoms with E-state index >= 15 is 0 Å². The van der Waals surface area contributed by atoms with Gasteiger partial charge in [-0.3, -0.25) is 4.98 Å². The second-order valence-corrected chi connectivity index (χ2v) is 7.72. The van der Waals surface area contributed by atoms with Crippen LogP contribution in [0.4, 0.5) is 0 Å². The number of nitrogens with zero attached hydrogens (tertiary/aromatic N) is 1. The topological polar surface area (TPSA) is 77.5 Å². The van der Waals surface area contributed by atoms with Gasteiger partial charge in [0.15, 0.2) is 0 Å². The molecular weight excluding hydrogens is 392 g/mol. The molecule has 1 atom stereocenters. The lowest BCUT2D eigenvalue weighted by molar-refractivity contribution is -0.143. The first-order valence-electron chi connectivity index (χ1n) is 10.4. The molecular formula is C25H28N2O4. The van der Waals surface area contributed by atoms with Crippen LogP contribution in [0.3, 0.4) is 0 Å². The predicted octanol–water partition coefficient (Wildman–Crippen LogP) is 4.05. The molecule has 0 saturated carbocycles. The van der Waals surface area contributed by atoms with Crippen molar-refractivity contribution in [1.82, 2.24) is 10.3 Å². The molecule has 0 radical (unpaired) electrons. The van der Waals surface area contributed by atoms with Gasteiger partial charge in [-0.2, -0.15) is 0 Å². The van der Waals surface area contributed by atoms with Gasteiger partial charge in [0.25, 0.3) is 0 Å².